The summed E-state index contributed by atoms with van der Waals surface area (Å²) in [5.41, 5.74) is -1.20. The first-order valence-electron chi connectivity index (χ1n) is 5.47. The van der Waals surface area contributed by atoms with Crippen LogP contribution < -0.4 is 0 Å². The first-order chi connectivity index (χ1) is 8.10. The van der Waals surface area contributed by atoms with E-state index in [9.17, 15) is 4.79 Å². The van der Waals surface area contributed by atoms with Crippen molar-refractivity contribution in [2.45, 2.75) is 43.7 Å². The van der Waals surface area contributed by atoms with Crippen LogP contribution in [0, 0.1) is 0 Å². The monoisotopic (exact) mass is 293 g/mol. The van der Waals surface area contributed by atoms with Crippen molar-refractivity contribution in [3.05, 3.63) is 11.6 Å². The van der Waals surface area contributed by atoms with Crippen molar-refractivity contribution < 1.29 is 14.3 Å². The number of hydrogen-bond acceptors (Lipinski definition) is 4. The van der Waals surface area contributed by atoms with Gasteiger partial charge in [-0.3, -0.25) is 0 Å². The van der Waals surface area contributed by atoms with Gasteiger partial charge in [-0.15, -0.1) is 23.2 Å². The minimum atomic E-state index is -1.14. The van der Waals surface area contributed by atoms with Crippen molar-refractivity contribution in [3.63, 3.8) is 0 Å². The number of carbonyl (C=O) groups is 1. The summed E-state index contributed by atoms with van der Waals surface area (Å²) >= 11 is 11.8. The Labute approximate surface area is 117 Å². The molecule has 4 nitrogen and oxygen atoms in total. The molecule has 0 amide bonds. The molecular weight excluding hydrogens is 277 g/mol. The molecule has 0 aliphatic carbocycles. The third-order valence-corrected chi connectivity index (χ3v) is 3.22. The molecule has 0 aromatic rings. The highest BCUT2D eigenvalue weighted by Crippen LogP contribution is 2.37. The van der Waals surface area contributed by atoms with Crippen LogP contribution in [0.5, 0.6) is 0 Å². The largest absolute Gasteiger partial charge is 0.466 e. The lowest BCUT2D eigenvalue weighted by Crippen LogP contribution is -2.38. The topological polar surface area (TPSA) is 47.9 Å². The van der Waals surface area contributed by atoms with Crippen LogP contribution in [-0.4, -0.2) is 35.0 Å². The summed E-state index contributed by atoms with van der Waals surface area (Å²) in [6, 6.07) is 0. The zero-order chi connectivity index (χ0) is 14.1. The first-order valence-corrected chi connectivity index (χ1v) is 6.35. The smallest absolute Gasteiger partial charge is 0.338 e. The molecule has 0 spiro atoms. The molecule has 1 aliphatic rings. The van der Waals surface area contributed by atoms with Crippen molar-refractivity contribution >= 4 is 35.1 Å². The predicted octanol–water partition coefficient (Wildman–Crippen LogP) is 2.88. The number of rotatable bonds is 2. The van der Waals surface area contributed by atoms with Crippen molar-refractivity contribution in [2.24, 2.45) is 4.99 Å². The standard InChI is InChI=1S/C12H17Cl2NO3/c1-11(2,3)15-8-6-7(9(16)17-5)12(4,18-8)10(13)14/h6,10H,1-5H3. The van der Waals surface area contributed by atoms with Crippen LogP contribution in [-0.2, 0) is 14.3 Å². The van der Waals surface area contributed by atoms with E-state index >= 15 is 0 Å². The van der Waals surface area contributed by atoms with Crippen molar-refractivity contribution in [1.82, 2.24) is 0 Å². The number of esters is 1. The van der Waals surface area contributed by atoms with Gasteiger partial charge in [0.15, 0.2) is 10.4 Å². The van der Waals surface area contributed by atoms with Gasteiger partial charge < -0.3 is 9.47 Å². The first kappa shape index (κ1) is 15.3. The maximum absolute atomic E-state index is 11.7. The quantitative estimate of drug-likeness (QED) is 0.581. The van der Waals surface area contributed by atoms with E-state index in [4.69, 9.17) is 32.7 Å². The Balaban J connectivity index is 3.18. The second kappa shape index (κ2) is 5.10. The number of carbonyl (C=O) groups excluding carboxylic acids is 1. The van der Waals surface area contributed by atoms with Crippen molar-refractivity contribution in [1.29, 1.82) is 0 Å². The van der Waals surface area contributed by atoms with Gasteiger partial charge in [0.25, 0.3) is 0 Å². The van der Waals surface area contributed by atoms with Gasteiger partial charge in [0.05, 0.1) is 18.2 Å². The van der Waals surface area contributed by atoms with Crippen molar-refractivity contribution in [3.8, 4) is 0 Å². The molecule has 0 aromatic heterocycles. The third-order valence-electron chi connectivity index (χ3n) is 2.39. The van der Waals surface area contributed by atoms with Crippen molar-refractivity contribution in [2.75, 3.05) is 7.11 Å². The van der Waals surface area contributed by atoms with Gasteiger partial charge in [0.1, 0.15) is 0 Å². The molecule has 6 heteroatoms. The van der Waals surface area contributed by atoms with Crippen LogP contribution in [0.1, 0.15) is 27.7 Å². The Hall–Kier alpha value is -0.740. The fourth-order valence-electron chi connectivity index (χ4n) is 1.49. The molecule has 1 rings (SSSR count). The number of halogens is 2. The molecular formula is C12H17Cl2NO3. The summed E-state index contributed by atoms with van der Waals surface area (Å²) in [6.07, 6.45) is 1.52. The number of alkyl halides is 2. The van der Waals surface area contributed by atoms with Crippen LogP contribution >= 0.6 is 23.2 Å². The molecule has 1 atom stereocenters. The molecule has 1 aliphatic heterocycles. The van der Waals surface area contributed by atoms with Gasteiger partial charge in [0, 0.05) is 6.08 Å². The van der Waals surface area contributed by atoms with E-state index in [1.807, 2.05) is 20.8 Å². The Morgan fingerprint density at radius 1 is 1.50 bits per heavy atom. The zero-order valence-electron chi connectivity index (χ0n) is 11.1. The molecule has 0 N–H and O–H groups in total. The average molecular weight is 294 g/mol. The lowest BCUT2D eigenvalue weighted by molar-refractivity contribution is -0.137. The lowest BCUT2D eigenvalue weighted by atomic mass is 9.99. The number of hydrogen-bond donors (Lipinski definition) is 0. The van der Waals surface area contributed by atoms with Gasteiger partial charge in [-0.05, 0) is 27.7 Å². The van der Waals surface area contributed by atoms with E-state index < -0.39 is 16.4 Å². The summed E-state index contributed by atoms with van der Waals surface area (Å²) in [7, 11) is 1.29. The normalized spacial score (nSPS) is 26.2. The molecule has 1 heterocycles. The molecule has 0 saturated heterocycles. The molecule has 102 valence electrons. The van der Waals surface area contributed by atoms with E-state index in [1.54, 1.807) is 6.92 Å². The maximum atomic E-state index is 11.7. The van der Waals surface area contributed by atoms with Gasteiger partial charge >= 0.3 is 5.97 Å². The van der Waals surface area contributed by atoms with Gasteiger partial charge in [-0.2, -0.15) is 0 Å². The van der Waals surface area contributed by atoms with E-state index in [0.29, 0.717) is 5.90 Å². The van der Waals surface area contributed by atoms with E-state index in [0.717, 1.165) is 0 Å². The summed E-state index contributed by atoms with van der Waals surface area (Å²) in [5, 5.41) is 0. The minimum absolute atomic E-state index is 0.267. The van der Waals surface area contributed by atoms with Gasteiger partial charge in [-0.1, -0.05) is 0 Å². The van der Waals surface area contributed by atoms with Crippen LogP contribution in [0.2, 0.25) is 0 Å². The molecule has 0 radical (unpaired) electrons. The Morgan fingerprint density at radius 2 is 2.06 bits per heavy atom. The Bertz CT molecular complexity index is 410. The average Bonchev–Trinajstić information content (AvgIpc) is 2.53. The lowest BCUT2D eigenvalue weighted by Gasteiger charge is -2.27. The molecule has 0 bridgehead atoms. The Morgan fingerprint density at radius 3 is 2.44 bits per heavy atom. The summed E-state index contributed by atoms with van der Waals surface area (Å²) < 4.78 is 10.3. The van der Waals surface area contributed by atoms with E-state index in [1.165, 1.54) is 13.2 Å². The predicted molar refractivity (Wildman–Crippen MR) is 72.3 cm³/mol. The second-order valence-corrected chi connectivity index (χ2v) is 6.28. The maximum Gasteiger partial charge on any atom is 0.338 e. The minimum Gasteiger partial charge on any atom is -0.466 e. The highest BCUT2D eigenvalue weighted by atomic mass is 35.5. The van der Waals surface area contributed by atoms with Gasteiger partial charge in [0.2, 0.25) is 5.90 Å². The molecule has 0 fully saturated rings. The fourth-order valence-corrected chi connectivity index (χ4v) is 1.81. The SMILES string of the molecule is COC(=O)C1=CC(=NC(C)(C)C)OC1(C)C(Cl)Cl. The summed E-state index contributed by atoms with van der Waals surface area (Å²) in [4.78, 5) is 15.1. The fraction of sp³-hybridized carbons (Fsp3) is 0.667. The molecule has 0 aromatic carbocycles. The second-order valence-electron chi connectivity index (χ2n) is 5.18. The summed E-state index contributed by atoms with van der Waals surface area (Å²) in [6.45, 7) is 7.39. The van der Waals surface area contributed by atoms with E-state index in [2.05, 4.69) is 4.99 Å². The number of ether oxygens (including phenoxy) is 2. The summed E-state index contributed by atoms with van der Waals surface area (Å²) in [5.74, 6) is -0.195. The molecule has 1 unspecified atom stereocenters. The van der Waals surface area contributed by atoms with Crippen LogP contribution in [0.25, 0.3) is 0 Å². The van der Waals surface area contributed by atoms with Crippen LogP contribution in [0.15, 0.2) is 16.6 Å². The number of methoxy groups -OCH3 is 1. The zero-order valence-corrected chi connectivity index (χ0v) is 12.6. The van der Waals surface area contributed by atoms with Crippen LogP contribution in [0.3, 0.4) is 0 Å². The molecule has 18 heavy (non-hydrogen) atoms. The van der Waals surface area contributed by atoms with Gasteiger partial charge in [-0.25, -0.2) is 9.79 Å². The van der Waals surface area contributed by atoms with Crippen LogP contribution in [0.4, 0.5) is 0 Å². The number of aliphatic imine (C=N–C) groups is 1. The highest BCUT2D eigenvalue weighted by Gasteiger charge is 2.47. The third kappa shape index (κ3) is 3.18. The van der Waals surface area contributed by atoms with E-state index in [-0.39, 0.29) is 11.1 Å². The Kier molecular flexibility index (Phi) is 4.34. The molecule has 0 saturated carbocycles. The number of nitrogens with zero attached hydrogens (tertiary/aromatic N) is 1. The highest BCUT2D eigenvalue weighted by molar-refractivity contribution is 6.45.